The molecule has 2 rings (SSSR count). The summed E-state index contributed by atoms with van der Waals surface area (Å²) in [5.41, 5.74) is 0. The van der Waals surface area contributed by atoms with Gasteiger partial charge in [0.2, 0.25) is 0 Å². The maximum absolute atomic E-state index is 12.1. The van der Waals surface area contributed by atoms with Crippen molar-refractivity contribution in [3.63, 3.8) is 0 Å². The fourth-order valence-corrected chi connectivity index (χ4v) is 3.46. The first-order chi connectivity index (χ1) is 8.63. The largest absolute Gasteiger partial charge is 0.377 e. The number of rotatable bonds is 5. The van der Waals surface area contributed by atoms with Crippen LogP contribution in [0.4, 0.5) is 0 Å². The SMILES string of the molecule is COC1CN(CC(=O)c2ccc(Br)s2)CC1OC. The molecule has 0 bridgehead atoms. The van der Waals surface area contributed by atoms with E-state index in [4.69, 9.17) is 9.47 Å². The van der Waals surface area contributed by atoms with E-state index in [1.807, 2.05) is 12.1 Å². The van der Waals surface area contributed by atoms with Gasteiger partial charge in [-0.25, -0.2) is 0 Å². The Hall–Kier alpha value is -0.270. The zero-order chi connectivity index (χ0) is 13.1. The predicted octanol–water partition coefficient (Wildman–Crippen LogP) is 2.04. The number of ketones is 1. The van der Waals surface area contributed by atoms with Crippen LogP contribution in [0, 0.1) is 0 Å². The maximum atomic E-state index is 12.1. The molecule has 0 aromatic carbocycles. The van der Waals surface area contributed by atoms with Gasteiger partial charge in [-0.2, -0.15) is 0 Å². The molecule has 4 nitrogen and oxygen atoms in total. The number of thiophene rings is 1. The molecule has 6 heteroatoms. The van der Waals surface area contributed by atoms with Gasteiger partial charge >= 0.3 is 0 Å². The molecule has 100 valence electrons. The number of carbonyl (C=O) groups is 1. The van der Waals surface area contributed by atoms with Crippen LogP contribution in [0.2, 0.25) is 0 Å². The molecule has 0 saturated carbocycles. The standard InChI is InChI=1S/C12H16BrNO3S/c1-16-9-6-14(7-10(9)17-2)5-8(15)11-3-4-12(13)18-11/h3-4,9-10H,5-7H2,1-2H3. The highest BCUT2D eigenvalue weighted by atomic mass is 79.9. The van der Waals surface area contributed by atoms with Gasteiger partial charge in [-0.3, -0.25) is 9.69 Å². The highest BCUT2D eigenvalue weighted by molar-refractivity contribution is 9.11. The molecule has 1 aromatic rings. The van der Waals surface area contributed by atoms with E-state index in [1.54, 1.807) is 14.2 Å². The monoisotopic (exact) mass is 333 g/mol. The van der Waals surface area contributed by atoms with E-state index in [1.165, 1.54) is 11.3 Å². The van der Waals surface area contributed by atoms with E-state index in [0.717, 1.165) is 21.8 Å². The van der Waals surface area contributed by atoms with Gasteiger partial charge in [0, 0.05) is 27.3 Å². The van der Waals surface area contributed by atoms with E-state index >= 15 is 0 Å². The van der Waals surface area contributed by atoms with Crippen LogP contribution in [0.25, 0.3) is 0 Å². The summed E-state index contributed by atoms with van der Waals surface area (Å²) in [6.07, 6.45) is 0.107. The summed E-state index contributed by atoms with van der Waals surface area (Å²) in [5, 5.41) is 0. The summed E-state index contributed by atoms with van der Waals surface area (Å²) < 4.78 is 11.7. The molecule has 0 radical (unpaired) electrons. The second kappa shape index (κ2) is 6.25. The van der Waals surface area contributed by atoms with Crippen molar-refractivity contribution >= 4 is 33.0 Å². The topological polar surface area (TPSA) is 38.8 Å². The molecular weight excluding hydrogens is 318 g/mol. The van der Waals surface area contributed by atoms with Crippen molar-refractivity contribution in [2.45, 2.75) is 12.2 Å². The van der Waals surface area contributed by atoms with Crippen molar-refractivity contribution in [1.29, 1.82) is 0 Å². The summed E-state index contributed by atoms with van der Waals surface area (Å²) in [6.45, 7) is 1.91. The van der Waals surface area contributed by atoms with E-state index in [0.29, 0.717) is 6.54 Å². The van der Waals surface area contributed by atoms with Gasteiger partial charge in [-0.1, -0.05) is 0 Å². The first-order valence-electron chi connectivity index (χ1n) is 5.70. The zero-order valence-electron chi connectivity index (χ0n) is 10.4. The van der Waals surface area contributed by atoms with Crippen LogP contribution >= 0.6 is 27.3 Å². The third-order valence-corrected chi connectivity index (χ3v) is 4.78. The Labute approximate surface area is 119 Å². The first-order valence-corrected chi connectivity index (χ1v) is 7.31. The Balaban J connectivity index is 1.93. The van der Waals surface area contributed by atoms with Gasteiger partial charge in [-0.05, 0) is 28.1 Å². The lowest BCUT2D eigenvalue weighted by Gasteiger charge is -2.13. The third kappa shape index (κ3) is 3.19. The van der Waals surface area contributed by atoms with Crippen LogP contribution in [0.5, 0.6) is 0 Å². The molecule has 0 spiro atoms. The molecule has 2 atom stereocenters. The Kier molecular flexibility index (Phi) is 4.91. The number of methoxy groups -OCH3 is 2. The van der Waals surface area contributed by atoms with Crippen LogP contribution in [-0.4, -0.2) is 56.7 Å². The quantitative estimate of drug-likeness (QED) is 0.773. The third-order valence-electron chi connectivity index (χ3n) is 3.11. The number of carbonyl (C=O) groups excluding carboxylic acids is 1. The van der Waals surface area contributed by atoms with Crippen molar-refractivity contribution in [3.05, 3.63) is 20.8 Å². The van der Waals surface area contributed by atoms with Crippen molar-refractivity contribution < 1.29 is 14.3 Å². The van der Waals surface area contributed by atoms with Gasteiger partial charge in [0.15, 0.2) is 5.78 Å². The smallest absolute Gasteiger partial charge is 0.186 e. The van der Waals surface area contributed by atoms with Crippen molar-refractivity contribution in [2.24, 2.45) is 0 Å². The van der Waals surface area contributed by atoms with Crippen LogP contribution in [0.1, 0.15) is 9.67 Å². The van der Waals surface area contributed by atoms with Crippen LogP contribution in [-0.2, 0) is 9.47 Å². The second-order valence-electron chi connectivity index (χ2n) is 4.27. The van der Waals surface area contributed by atoms with Crippen LogP contribution < -0.4 is 0 Å². The van der Waals surface area contributed by atoms with Crippen molar-refractivity contribution in [1.82, 2.24) is 4.90 Å². The normalized spacial score (nSPS) is 24.6. The van der Waals surface area contributed by atoms with E-state index in [9.17, 15) is 4.79 Å². The van der Waals surface area contributed by atoms with Crippen LogP contribution in [0.3, 0.4) is 0 Å². The maximum Gasteiger partial charge on any atom is 0.186 e. The highest BCUT2D eigenvalue weighted by Gasteiger charge is 2.33. The molecule has 1 saturated heterocycles. The number of halogens is 1. The Morgan fingerprint density at radius 2 is 2.00 bits per heavy atom. The Morgan fingerprint density at radius 1 is 1.39 bits per heavy atom. The summed E-state index contributed by atoms with van der Waals surface area (Å²) in [4.78, 5) is 14.9. The lowest BCUT2D eigenvalue weighted by atomic mass is 10.3. The lowest BCUT2D eigenvalue weighted by molar-refractivity contribution is -0.00461. The number of likely N-dealkylation sites (tertiary alicyclic amines) is 1. The minimum Gasteiger partial charge on any atom is -0.377 e. The average molecular weight is 334 g/mol. The molecule has 0 aliphatic carbocycles. The van der Waals surface area contributed by atoms with Gasteiger partial charge in [0.25, 0.3) is 0 Å². The van der Waals surface area contributed by atoms with Crippen LogP contribution in [0.15, 0.2) is 15.9 Å². The lowest BCUT2D eigenvalue weighted by Crippen LogP contribution is -2.28. The molecule has 1 aromatic heterocycles. The molecule has 1 aliphatic rings. The number of hydrogen-bond donors (Lipinski definition) is 0. The number of nitrogens with zero attached hydrogens (tertiary/aromatic N) is 1. The summed E-state index contributed by atoms with van der Waals surface area (Å²) >= 11 is 4.84. The Morgan fingerprint density at radius 3 is 2.44 bits per heavy atom. The fourth-order valence-electron chi connectivity index (χ4n) is 2.15. The summed E-state index contributed by atoms with van der Waals surface area (Å²) in [6, 6.07) is 3.76. The minimum absolute atomic E-state index is 0.0536. The second-order valence-corrected chi connectivity index (χ2v) is 6.73. The fraction of sp³-hybridized carbons (Fsp3) is 0.583. The van der Waals surface area contributed by atoms with E-state index < -0.39 is 0 Å². The number of Topliss-reactive ketones (excluding diaryl/α,β-unsaturated/α-hetero) is 1. The molecule has 18 heavy (non-hydrogen) atoms. The number of ether oxygens (including phenoxy) is 2. The summed E-state index contributed by atoms with van der Waals surface area (Å²) in [7, 11) is 3.36. The molecule has 0 amide bonds. The van der Waals surface area contributed by atoms with Gasteiger partial charge in [0.1, 0.15) is 0 Å². The Bertz CT molecular complexity index is 411. The molecular formula is C12H16BrNO3S. The molecule has 2 unspecified atom stereocenters. The van der Waals surface area contributed by atoms with Crippen molar-refractivity contribution in [3.8, 4) is 0 Å². The molecule has 1 aliphatic heterocycles. The first kappa shape index (κ1) is 14.1. The van der Waals surface area contributed by atoms with Crippen molar-refractivity contribution in [2.75, 3.05) is 33.9 Å². The molecule has 1 fully saturated rings. The zero-order valence-corrected chi connectivity index (χ0v) is 12.8. The number of hydrogen-bond acceptors (Lipinski definition) is 5. The predicted molar refractivity (Wildman–Crippen MR) is 74.4 cm³/mol. The molecule has 0 N–H and O–H groups in total. The van der Waals surface area contributed by atoms with E-state index in [2.05, 4.69) is 20.8 Å². The van der Waals surface area contributed by atoms with E-state index in [-0.39, 0.29) is 18.0 Å². The molecule has 2 heterocycles. The van der Waals surface area contributed by atoms with Gasteiger partial charge < -0.3 is 9.47 Å². The average Bonchev–Trinajstić information content (AvgIpc) is 2.95. The van der Waals surface area contributed by atoms with Gasteiger partial charge in [-0.15, -0.1) is 11.3 Å². The van der Waals surface area contributed by atoms with Gasteiger partial charge in [0.05, 0.1) is 27.4 Å². The minimum atomic E-state index is 0.0536. The summed E-state index contributed by atoms with van der Waals surface area (Å²) in [5.74, 6) is 0.150. The highest BCUT2D eigenvalue weighted by Crippen LogP contribution is 2.23.